The normalized spacial score (nSPS) is 27.5. The van der Waals surface area contributed by atoms with Gasteiger partial charge in [-0.25, -0.2) is 0 Å². The zero-order chi connectivity index (χ0) is 8.10. The van der Waals surface area contributed by atoms with Gasteiger partial charge in [0.2, 0.25) is 0 Å². The fourth-order valence-electron chi connectivity index (χ4n) is 1.25. The predicted octanol–water partition coefficient (Wildman–Crippen LogP) is 2.11. The summed E-state index contributed by atoms with van der Waals surface area (Å²) < 4.78 is 10.5. The summed E-state index contributed by atoms with van der Waals surface area (Å²) >= 11 is 0. The number of hydrogen-bond donors (Lipinski definition) is 0. The lowest BCUT2D eigenvalue weighted by molar-refractivity contribution is 0.152. The van der Waals surface area contributed by atoms with Gasteiger partial charge in [0.15, 0.2) is 0 Å². The summed E-state index contributed by atoms with van der Waals surface area (Å²) in [7, 11) is 1.70. The molecule has 2 heteroatoms. The average Bonchev–Trinajstić information content (AvgIpc) is 2.48. The number of hydrogen-bond acceptors (Lipinski definition) is 2. The van der Waals surface area contributed by atoms with Crippen molar-refractivity contribution in [2.24, 2.45) is 0 Å². The molecule has 0 aliphatic carbocycles. The van der Waals surface area contributed by atoms with Crippen molar-refractivity contribution in [2.75, 3.05) is 13.7 Å². The van der Waals surface area contributed by atoms with E-state index >= 15 is 0 Å². The Balaban J connectivity index is 2.28. The third-order valence-electron chi connectivity index (χ3n) is 1.96. The van der Waals surface area contributed by atoms with Crippen LogP contribution in [0.15, 0.2) is 11.8 Å². The lowest BCUT2D eigenvalue weighted by Crippen LogP contribution is -2.00. The van der Waals surface area contributed by atoms with E-state index in [9.17, 15) is 0 Å². The van der Waals surface area contributed by atoms with E-state index in [1.165, 1.54) is 6.42 Å². The van der Waals surface area contributed by atoms with Gasteiger partial charge < -0.3 is 9.47 Å². The van der Waals surface area contributed by atoms with E-state index in [1.807, 2.05) is 6.08 Å². The van der Waals surface area contributed by atoms with Crippen LogP contribution in [0.5, 0.6) is 0 Å². The van der Waals surface area contributed by atoms with Crippen molar-refractivity contribution in [3.8, 4) is 0 Å². The van der Waals surface area contributed by atoms with Crippen molar-refractivity contribution in [3.05, 3.63) is 11.8 Å². The van der Waals surface area contributed by atoms with E-state index in [4.69, 9.17) is 9.47 Å². The van der Waals surface area contributed by atoms with Gasteiger partial charge >= 0.3 is 0 Å². The molecule has 0 N–H and O–H groups in total. The first-order valence-electron chi connectivity index (χ1n) is 4.21. The minimum absolute atomic E-state index is 0.457. The van der Waals surface area contributed by atoms with Crippen LogP contribution in [0.25, 0.3) is 0 Å². The van der Waals surface area contributed by atoms with Crippen molar-refractivity contribution < 1.29 is 9.47 Å². The Morgan fingerprint density at radius 1 is 1.73 bits per heavy atom. The molecule has 1 saturated heterocycles. The number of rotatable bonds is 3. The van der Waals surface area contributed by atoms with Crippen molar-refractivity contribution in [3.63, 3.8) is 0 Å². The van der Waals surface area contributed by atoms with Crippen molar-refractivity contribution >= 4 is 0 Å². The van der Waals surface area contributed by atoms with Gasteiger partial charge in [0, 0.05) is 13.5 Å². The molecule has 0 spiro atoms. The quantitative estimate of drug-likeness (QED) is 0.623. The standard InChI is InChI=1S/C9H16O2/c1-3-8-4-5-9(11-8)6-7-10-2/h6,8H,3-5,7H2,1-2H3/b9-6+. The molecule has 1 atom stereocenters. The number of ether oxygens (including phenoxy) is 2. The van der Waals surface area contributed by atoms with Crippen molar-refractivity contribution in [2.45, 2.75) is 32.3 Å². The van der Waals surface area contributed by atoms with Gasteiger partial charge in [-0.2, -0.15) is 0 Å². The molecule has 1 aliphatic rings. The van der Waals surface area contributed by atoms with Crippen LogP contribution in [0.1, 0.15) is 26.2 Å². The number of methoxy groups -OCH3 is 1. The molecule has 2 nitrogen and oxygen atoms in total. The Labute approximate surface area is 68.2 Å². The molecule has 0 saturated carbocycles. The van der Waals surface area contributed by atoms with Gasteiger partial charge in [0.1, 0.15) is 0 Å². The minimum atomic E-state index is 0.457. The summed E-state index contributed by atoms with van der Waals surface area (Å²) in [6, 6.07) is 0. The van der Waals surface area contributed by atoms with Crippen LogP contribution in [-0.4, -0.2) is 19.8 Å². The van der Waals surface area contributed by atoms with Gasteiger partial charge in [-0.3, -0.25) is 0 Å². The van der Waals surface area contributed by atoms with Gasteiger partial charge in [-0.1, -0.05) is 6.92 Å². The van der Waals surface area contributed by atoms with Crippen LogP contribution in [0.3, 0.4) is 0 Å². The van der Waals surface area contributed by atoms with Crippen LogP contribution < -0.4 is 0 Å². The van der Waals surface area contributed by atoms with E-state index < -0.39 is 0 Å². The van der Waals surface area contributed by atoms with E-state index in [-0.39, 0.29) is 0 Å². The van der Waals surface area contributed by atoms with Crippen molar-refractivity contribution in [1.82, 2.24) is 0 Å². The lowest BCUT2D eigenvalue weighted by Gasteiger charge is -2.06. The second-order valence-electron chi connectivity index (χ2n) is 2.81. The molecule has 0 amide bonds. The first-order chi connectivity index (χ1) is 5.36. The minimum Gasteiger partial charge on any atom is -0.495 e. The Bertz CT molecular complexity index is 140. The summed E-state index contributed by atoms with van der Waals surface area (Å²) in [5.74, 6) is 1.11. The third kappa shape index (κ3) is 2.54. The molecule has 1 heterocycles. The first-order valence-corrected chi connectivity index (χ1v) is 4.21. The molecule has 1 fully saturated rings. The third-order valence-corrected chi connectivity index (χ3v) is 1.96. The predicted molar refractivity (Wildman–Crippen MR) is 44.4 cm³/mol. The SMILES string of the molecule is CCC1CC/C(=C\COC)O1. The molecule has 0 aromatic rings. The first kappa shape index (κ1) is 8.60. The van der Waals surface area contributed by atoms with E-state index in [2.05, 4.69) is 6.92 Å². The van der Waals surface area contributed by atoms with Gasteiger partial charge in [0.25, 0.3) is 0 Å². The molecule has 1 rings (SSSR count). The maximum absolute atomic E-state index is 5.59. The van der Waals surface area contributed by atoms with Crippen LogP contribution >= 0.6 is 0 Å². The molecular weight excluding hydrogens is 140 g/mol. The Morgan fingerprint density at radius 3 is 3.09 bits per heavy atom. The second-order valence-corrected chi connectivity index (χ2v) is 2.81. The molecule has 11 heavy (non-hydrogen) atoms. The monoisotopic (exact) mass is 156 g/mol. The maximum atomic E-state index is 5.59. The summed E-state index contributed by atoms with van der Waals surface area (Å²) in [6.07, 6.45) is 5.85. The molecule has 0 radical (unpaired) electrons. The van der Waals surface area contributed by atoms with Gasteiger partial charge in [0.05, 0.1) is 18.5 Å². The molecule has 1 aliphatic heterocycles. The molecule has 64 valence electrons. The van der Waals surface area contributed by atoms with Crippen molar-refractivity contribution in [1.29, 1.82) is 0 Å². The molecule has 0 bridgehead atoms. The summed E-state index contributed by atoms with van der Waals surface area (Å²) in [4.78, 5) is 0. The van der Waals surface area contributed by atoms with E-state index in [0.717, 1.165) is 18.6 Å². The highest BCUT2D eigenvalue weighted by atomic mass is 16.5. The molecule has 1 unspecified atom stereocenters. The van der Waals surface area contributed by atoms with Crippen LogP contribution in [0.4, 0.5) is 0 Å². The second kappa shape index (κ2) is 4.39. The van der Waals surface area contributed by atoms with Crippen LogP contribution in [0, 0.1) is 0 Å². The Kier molecular flexibility index (Phi) is 3.43. The van der Waals surface area contributed by atoms with Crippen LogP contribution in [-0.2, 0) is 9.47 Å². The fourth-order valence-corrected chi connectivity index (χ4v) is 1.25. The summed E-state index contributed by atoms with van der Waals surface area (Å²) in [5, 5.41) is 0. The Hall–Kier alpha value is -0.500. The lowest BCUT2D eigenvalue weighted by atomic mass is 10.2. The zero-order valence-electron chi connectivity index (χ0n) is 7.30. The highest BCUT2D eigenvalue weighted by Crippen LogP contribution is 2.24. The highest BCUT2D eigenvalue weighted by molar-refractivity contribution is 4.98. The number of allylic oxidation sites excluding steroid dienone is 1. The molecular formula is C9H16O2. The smallest absolute Gasteiger partial charge is 0.0984 e. The molecule has 0 aromatic heterocycles. The largest absolute Gasteiger partial charge is 0.495 e. The highest BCUT2D eigenvalue weighted by Gasteiger charge is 2.17. The van der Waals surface area contributed by atoms with Crippen LogP contribution in [0.2, 0.25) is 0 Å². The zero-order valence-corrected chi connectivity index (χ0v) is 7.30. The Morgan fingerprint density at radius 2 is 2.55 bits per heavy atom. The van der Waals surface area contributed by atoms with Gasteiger partial charge in [-0.15, -0.1) is 0 Å². The molecule has 0 aromatic carbocycles. The van der Waals surface area contributed by atoms with Gasteiger partial charge in [-0.05, 0) is 18.9 Å². The topological polar surface area (TPSA) is 18.5 Å². The summed E-state index contributed by atoms with van der Waals surface area (Å²) in [5.41, 5.74) is 0. The average molecular weight is 156 g/mol. The fraction of sp³-hybridized carbons (Fsp3) is 0.778. The van der Waals surface area contributed by atoms with E-state index in [1.54, 1.807) is 7.11 Å². The maximum Gasteiger partial charge on any atom is 0.0984 e. The summed E-state index contributed by atoms with van der Waals surface area (Å²) in [6.45, 7) is 2.83. The van der Waals surface area contributed by atoms with E-state index in [0.29, 0.717) is 12.7 Å².